The van der Waals surface area contributed by atoms with Crippen molar-refractivity contribution in [1.29, 1.82) is 0 Å². The second-order valence-electron chi connectivity index (χ2n) is 8.25. The molecule has 174 valence electrons. The number of hydrogen-bond donors (Lipinski definition) is 1. The number of ether oxygens (including phenoxy) is 1. The van der Waals surface area contributed by atoms with Gasteiger partial charge in [0, 0.05) is 17.8 Å². The summed E-state index contributed by atoms with van der Waals surface area (Å²) in [6.45, 7) is 3.19. The lowest BCUT2D eigenvalue weighted by atomic mass is 9.94. The maximum absolute atomic E-state index is 12.0. The molecule has 0 aromatic carbocycles. The fourth-order valence-electron chi connectivity index (χ4n) is 3.73. The Morgan fingerprint density at radius 1 is 0.600 bits per heavy atom. The molecule has 5 heteroatoms. The van der Waals surface area contributed by atoms with Crippen LogP contribution < -0.4 is 0 Å². The Balaban J connectivity index is 3.89. The molecule has 0 fully saturated rings. The highest BCUT2D eigenvalue weighted by Gasteiger charge is 2.18. The van der Waals surface area contributed by atoms with Crippen LogP contribution in [0.3, 0.4) is 0 Å². The van der Waals surface area contributed by atoms with Crippen LogP contribution in [-0.2, 0) is 19.1 Å². The van der Waals surface area contributed by atoms with Crippen molar-refractivity contribution in [3.63, 3.8) is 0 Å². The number of esters is 1. The van der Waals surface area contributed by atoms with Crippen molar-refractivity contribution in [3.8, 4) is 0 Å². The van der Waals surface area contributed by atoms with Gasteiger partial charge < -0.3 is 9.84 Å². The Morgan fingerprint density at radius 2 is 0.967 bits per heavy atom. The molecule has 0 aliphatic rings. The van der Waals surface area contributed by atoms with Crippen molar-refractivity contribution in [2.45, 2.75) is 117 Å². The Bertz CT molecular complexity index is 522. The Hall–Kier alpha value is -1.49. The summed E-state index contributed by atoms with van der Waals surface area (Å²) in [5.41, 5.74) is 0.798. The van der Waals surface area contributed by atoms with Crippen molar-refractivity contribution in [2.75, 3.05) is 13.7 Å². The average Bonchev–Trinajstić information content (AvgIpc) is 2.71. The smallest absolute Gasteiger partial charge is 0.310 e. The van der Waals surface area contributed by atoms with E-state index in [1.807, 2.05) is 0 Å². The van der Waals surface area contributed by atoms with E-state index in [-0.39, 0.29) is 18.0 Å². The van der Waals surface area contributed by atoms with E-state index in [9.17, 15) is 14.4 Å². The molecule has 0 rings (SSSR count). The molecule has 0 saturated carbocycles. The minimum absolute atomic E-state index is 0.122. The van der Waals surface area contributed by atoms with Crippen LogP contribution in [0.2, 0.25) is 0 Å². The minimum Gasteiger partial charge on any atom is -0.469 e. The third-order valence-corrected chi connectivity index (χ3v) is 5.60. The lowest BCUT2D eigenvalue weighted by molar-refractivity contribution is -0.140. The molecule has 0 heterocycles. The van der Waals surface area contributed by atoms with Crippen molar-refractivity contribution >= 4 is 17.5 Å². The maximum Gasteiger partial charge on any atom is 0.310 e. The molecule has 1 N–H and O–H groups in total. The number of rotatable bonds is 20. The molecule has 0 aromatic heterocycles. The summed E-state index contributed by atoms with van der Waals surface area (Å²) in [6.07, 6.45) is 17.1. The summed E-state index contributed by atoms with van der Waals surface area (Å²) in [5.74, 6) is -0.839. The number of allylic oxidation sites excluding steroid dienone is 1. The number of hydrogen-bond acceptors (Lipinski definition) is 5. The zero-order valence-electron chi connectivity index (χ0n) is 19.6. The Kier molecular flexibility index (Phi) is 18.5. The van der Waals surface area contributed by atoms with Gasteiger partial charge in [-0.25, -0.2) is 0 Å². The predicted molar refractivity (Wildman–Crippen MR) is 121 cm³/mol. The molecule has 0 radical (unpaired) electrons. The van der Waals surface area contributed by atoms with Gasteiger partial charge in [-0.05, 0) is 33.1 Å². The van der Waals surface area contributed by atoms with Gasteiger partial charge in [-0.2, -0.15) is 0 Å². The minimum atomic E-state index is -0.486. The molecule has 0 unspecified atom stereocenters. The topological polar surface area (TPSA) is 80.7 Å². The third-order valence-electron chi connectivity index (χ3n) is 5.60. The maximum atomic E-state index is 12.0. The van der Waals surface area contributed by atoms with Crippen molar-refractivity contribution in [2.24, 2.45) is 0 Å². The molecule has 30 heavy (non-hydrogen) atoms. The van der Waals surface area contributed by atoms with E-state index in [1.54, 1.807) is 0 Å². The lowest BCUT2D eigenvalue weighted by Gasteiger charge is -2.10. The van der Waals surface area contributed by atoms with Crippen LogP contribution in [0.25, 0.3) is 0 Å². The Morgan fingerprint density at radius 3 is 1.30 bits per heavy atom. The number of Topliss-reactive ketones (excluding diaryl/α,β-unsaturated/α-hetero) is 2. The highest BCUT2D eigenvalue weighted by molar-refractivity contribution is 6.06. The van der Waals surface area contributed by atoms with Crippen molar-refractivity contribution in [1.82, 2.24) is 0 Å². The molecule has 0 aliphatic carbocycles. The molecule has 0 atom stereocenters. The van der Waals surface area contributed by atoms with Gasteiger partial charge >= 0.3 is 5.97 Å². The Labute approximate surface area is 183 Å². The second-order valence-corrected chi connectivity index (χ2v) is 8.25. The summed E-state index contributed by atoms with van der Waals surface area (Å²) in [7, 11) is 1.29. The van der Waals surface area contributed by atoms with Crippen LogP contribution in [0.5, 0.6) is 0 Å². The fraction of sp³-hybridized carbons (Fsp3) is 0.800. The quantitative estimate of drug-likeness (QED) is 0.150. The van der Waals surface area contributed by atoms with Crippen LogP contribution in [0, 0.1) is 0 Å². The number of methoxy groups -OCH3 is 1. The predicted octanol–water partition coefficient (Wildman–Crippen LogP) is 5.87. The summed E-state index contributed by atoms with van der Waals surface area (Å²) >= 11 is 0. The number of unbranched alkanes of at least 4 members (excludes halogenated alkanes) is 13. The summed E-state index contributed by atoms with van der Waals surface area (Å²) in [6, 6.07) is 0. The highest BCUT2D eigenvalue weighted by atomic mass is 16.5. The molecular formula is C25H44O5. The van der Waals surface area contributed by atoms with Crippen LogP contribution in [-0.4, -0.2) is 36.4 Å². The van der Waals surface area contributed by atoms with Gasteiger partial charge in [0.05, 0.1) is 13.5 Å². The molecular weight excluding hydrogens is 380 g/mol. The van der Waals surface area contributed by atoms with E-state index in [1.165, 1.54) is 78.7 Å². The summed E-state index contributed by atoms with van der Waals surface area (Å²) in [5, 5.41) is 8.74. The third kappa shape index (κ3) is 15.4. The van der Waals surface area contributed by atoms with Gasteiger partial charge in [0.2, 0.25) is 0 Å². The van der Waals surface area contributed by atoms with Gasteiger partial charge in [0.1, 0.15) is 0 Å². The molecule has 0 saturated heterocycles. The standard InChI is InChI=1S/C25H44O5/c1-21(27)23(24(22(2)28)20-25(29)30-3)18-16-14-12-10-8-6-4-5-7-9-11-13-15-17-19-26/h26H,4-20H2,1-3H3/b24-23-. The molecule has 0 aliphatic heterocycles. The van der Waals surface area contributed by atoms with E-state index < -0.39 is 5.97 Å². The first-order chi connectivity index (χ1) is 14.4. The number of carbonyl (C=O) groups excluding carboxylic acids is 3. The molecule has 0 amide bonds. The van der Waals surface area contributed by atoms with E-state index in [4.69, 9.17) is 5.11 Å². The monoisotopic (exact) mass is 424 g/mol. The molecule has 0 bridgehead atoms. The lowest BCUT2D eigenvalue weighted by Crippen LogP contribution is -2.13. The molecule has 0 aromatic rings. The number of carbonyl (C=O) groups is 3. The second kappa shape index (κ2) is 19.5. The normalized spacial score (nSPS) is 11.9. The van der Waals surface area contributed by atoms with Gasteiger partial charge in [-0.3, -0.25) is 14.4 Å². The average molecular weight is 425 g/mol. The van der Waals surface area contributed by atoms with E-state index in [0.29, 0.717) is 24.2 Å². The van der Waals surface area contributed by atoms with Crippen LogP contribution in [0.4, 0.5) is 0 Å². The molecule has 5 nitrogen and oxygen atoms in total. The largest absolute Gasteiger partial charge is 0.469 e. The van der Waals surface area contributed by atoms with Crippen LogP contribution in [0.15, 0.2) is 11.1 Å². The SMILES string of the molecule is COC(=O)C/C(C(C)=O)=C(\CCCCCCCCCCCCCCCCO)C(C)=O. The van der Waals surface area contributed by atoms with Crippen molar-refractivity contribution < 1.29 is 24.2 Å². The molecule has 0 spiro atoms. The summed E-state index contributed by atoms with van der Waals surface area (Å²) < 4.78 is 4.65. The highest BCUT2D eigenvalue weighted by Crippen LogP contribution is 2.20. The van der Waals surface area contributed by atoms with Gasteiger partial charge in [-0.15, -0.1) is 0 Å². The van der Waals surface area contributed by atoms with E-state index in [2.05, 4.69) is 4.74 Å². The zero-order chi connectivity index (χ0) is 22.6. The number of aliphatic hydroxyl groups is 1. The van der Waals surface area contributed by atoms with E-state index in [0.717, 1.165) is 32.1 Å². The van der Waals surface area contributed by atoms with Gasteiger partial charge in [0.25, 0.3) is 0 Å². The first-order valence-corrected chi connectivity index (χ1v) is 11.9. The number of ketones is 2. The first-order valence-electron chi connectivity index (χ1n) is 11.9. The summed E-state index contributed by atoms with van der Waals surface area (Å²) in [4.78, 5) is 35.4. The van der Waals surface area contributed by atoms with Crippen LogP contribution in [0.1, 0.15) is 117 Å². The van der Waals surface area contributed by atoms with Crippen LogP contribution >= 0.6 is 0 Å². The first kappa shape index (κ1) is 28.5. The van der Waals surface area contributed by atoms with Gasteiger partial charge in [-0.1, -0.05) is 77.0 Å². The number of aliphatic hydroxyl groups excluding tert-OH is 1. The van der Waals surface area contributed by atoms with Gasteiger partial charge in [0.15, 0.2) is 11.6 Å². The van der Waals surface area contributed by atoms with E-state index >= 15 is 0 Å². The fourth-order valence-corrected chi connectivity index (χ4v) is 3.73. The zero-order valence-corrected chi connectivity index (χ0v) is 19.6. The van der Waals surface area contributed by atoms with Crippen molar-refractivity contribution in [3.05, 3.63) is 11.1 Å².